The Morgan fingerprint density at radius 1 is 1.50 bits per heavy atom. The van der Waals surface area contributed by atoms with Gasteiger partial charge >= 0.3 is 0 Å². The van der Waals surface area contributed by atoms with Crippen LogP contribution in [0.2, 0.25) is 0 Å². The van der Waals surface area contributed by atoms with Gasteiger partial charge in [-0.3, -0.25) is 0 Å². The molecular formula is C5H11NO3S. The Morgan fingerprint density at radius 3 is 2.10 bits per heavy atom. The molecule has 0 unspecified atom stereocenters. The van der Waals surface area contributed by atoms with E-state index < -0.39 is 15.0 Å². The molecule has 0 amide bonds. The number of sulfonamides is 1. The van der Waals surface area contributed by atoms with Crippen LogP contribution in [0.25, 0.3) is 0 Å². The van der Waals surface area contributed by atoms with Crippen LogP contribution in [0.4, 0.5) is 0 Å². The fourth-order valence-electron chi connectivity index (χ4n) is 0.871. The predicted molar refractivity (Wildman–Crippen MR) is 37.0 cm³/mol. The Balaban J connectivity index is 2.83. The summed E-state index contributed by atoms with van der Waals surface area (Å²) in [7, 11) is -0.393. The lowest BCUT2D eigenvalue weighted by atomic mass is 10.8. The van der Waals surface area contributed by atoms with Crippen molar-refractivity contribution in [1.29, 1.82) is 0 Å². The quantitative estimate of drug-likeness (QED) is 0.623. The van der Waals surface area contributed by atoms with Crippen LogP contribution in [0.3, 0.4) is 0 Å². The summed E-state index contributed by atoms with van der Waals surface area (Å²) in [5, 5.41) is 0. The molecule has 0 atom stereocenters. The molecule has 0 saturated heterocycles. The van der Waals surface area contributed by atoms with Crippen molar-refractivity contribution in [3.8, 4) is 0 Å². The summed E-state index contributed by atoms with van der Waals surface area (Å²) in [6, 6.07) is 0. The maximum absolute atomic E-state index is 11.1. The highest BCUT2D eigenvalue weighted by Gasteiger charge is 2.54. The third kappa shape index (κ3) is 0.941. The molecule has 60 valence electrons. The average molecular weight is 165 g/mol. The van der Waals surface area contributed by atoms with Gasteiger partial charge in [0.15, 0.2) is 4.93 Å². The lowest BCUT2D eigenvalue weighted by molar-refractivity contribution is 0.145. The first-order chi connectivity index (χ1) is 4.58. The highest BCUT2D eigenvalue weighted by atomic mass is 32.2. The van der Waals surface area contributed by atoms with Crippen LogP contribution in [0.5, 0.6) is 0 Å². The molecule has 1 N–H and O–H groups in total. The molecule has 1 fully saturated rings. The molecule has 0 spiro atoms. The number of hydrogen-bond acceptors (Lipinski definition) is 3. The molecular weight excluding hydrogens is 154 g/mol. The SMILES string of the molecule is CNS(=O)(=O)C1(OC)CC1. The first-order valence-electron chi connectivity index (χ1n) is 3.06. The van der Waals surface area contributed by atoms with Crippen molar-refractivity contribution < 1.29 is 13.2 Å². The molecule has 4 nitrogen and oxygen atoms in total. The lowest BCUT2D eigenvalue weighted by Crippen LogP contribution is -2.34. The van der Waals surface area contributed by atoms with Gasteiger partial charge in [0.1, 0.15) is 0 Å². The zero-order valence-corrected chi connectivity index (χ0v) is 6.86. The summed E-state index contributed by atoms with van der Waals surface area (Å²) < 4.78 is 29.3. The molecule has 0 bridgehead atoms. The van der Waals surface area contributed by atoms with Gasteiger partial charge in [-0.25, -0.2) is 13.1 Å². The van der Waals surface area contributed by atoms with Crippen molar-refractivity contribution in [2.45, 2.75) is 17.8 Å². The Bertz CT molecular complexity index is 217. The third-order valence-corrected chi connectivity index (χ3v) is 3.88. The van der Waals surface area contributed by atoms with Crippen molar-refractivity contribution in [2.24, 2.45) is 0 Å². The Kier molecular flexibility index (Phi) is 1.74. The molecule has 1 aliphatic carbocycles. The van der Waals surface area contributed by atoms with E-state index in [0.29, 0.717) is 12.8 Å². The Labute approximate surface area is 60.6 Å². The van der Waals surface area contributed by atoms with Gasteiger partial charge in [-0.05, 0) is 19.9 Å². The zero-order chi connectivity index (χ0) is 7.83. The van der Waals surface area contributed by atoms with E-state index in [1.54, 1.807) is 0 Å². The summed E-state index contributed by atoms with van der Waals surface area (Å²) in [5.74, 6) is 0. The van der Waals surface area contributed by atoms with E-state index >= 15 is 0 Å². The largest absolute Gasteiger partial charge is 0.361 e. The van der Waals surface area contributed by atoms with Crippen LogP contribution < -0.4 is 4.72 Å². The van der Waals surface area contributed by atoms with E-state index in [1.165, 1.54) is 14.2 Å². The van der Waals surface area contributed by atoms with E-state index in [-0.39, 0.29) is 0 Å². The van der Waals surface area contributed by atoms with Gasteiger partial charge in [-0.15, -0.1) is 0 Å². The molecule has 1 rings (SSSR count). The summed E-state index contributed by atoms with van der Waals surface area (Å²) in [6.45, 7) is 0. The van der Waals surface area contributed by atoms with E-state index in [9.17, 15) is 8.42 Å². The maximum Gasteiger partial charge on any atom is 0.241 e. The van der Waals surface area contributed by atoms with Gasteiger partial charge in [0.25, 0.3) is 0 Å². The lowest BCUT2D eigenvalue weighted by Gasteiger charge is -2.12. The summed E-state index contributed by atoms with van der Waals surface area (Å²) in [5.41, 5.74) is 0. The molecule has 10 heavy (non-hydrogen) atoms. The van der Waals surface area contributed by atoms with Gasteiger partial charge in [0.2, 0.25) is 10.0 Å². The van der Waals surface area contributed by atoms with Crippen LogP contribution >= 0.6 is 0 Å². The van der Waals surface area contributed by atoms with Crippen LogP contribution in [0, 0.1) is 0 Å². The van der Waals surface area contributed by atoms with Gasteiger partial charge < -0.3 is 4.74 Å². The fourth-order valence-corrected chi connectivity index (χ4v) is 2.10. The summed E-state index contributed by atoms with van der Waals surface area (Å²) in [6.07, 6.45) is 1.21. The second-order valence-electron chi connectivity index (χ2n) is 2.32. The highest BCUT2D eigenvalue weighted by molar-refractivity contribution is 7.91. The van der Waals surface area contributed by atoms with Crippen molar-refractivity contribution in [3.63, 3.8) is 0 Å². The topological polar surface area (TPSA) is 55.4 Å². The summed E-state index contributed by atoms with van der Waals surface area (Å²) >= 11 is 0. The molecule has 0 aromatic carbocycles. The van der Waals surface area contributed by atoms with Crippen molar-refractivity contribution in [2.75, 3.05) is 14.2 Å². The fraction of sp³-hybridized carbons (Fsp3) is 1.00. The average Bonchev–Trinajstić information content (AvgIpc) is 2.67. The van der Waals surface area contributed by atoms with Gasteiger partial charge in [-0.2, -0.15) is 0 Å². The van der Waals surface area contributed by atoms with Gasteiger partial charge in [0.05, 0.1) is 0 Å². The predicted octanol–water partition coefficient (Wildman–Crippen LogP) is -0.328. The van der Waals surface area contributed by atoms with Crippen molar-refractivity contribution in [3.05, 3.63) is 0 Å². The minimum absolute atomic E-state index is 0.604. The zero-order valence-electron chi connectivity index (χ0n) is 6.05. The van der Waals surface area contributed by atoms with Gasteiger partial charge in [-0.1, -0.05) is 0 Å². The van der Waals surface area contributed by atoms with E-state index in [0.717, 1.165) is 0 Å². The molecule has 1 aliphatic rings. The monoisotopic (exact) mass is 165 g/mol. The molecule has 1 saturated carbocycles. The Hall–Kier alpha value is -0.130. The molecule has 0 radical (unpaired) electrons. The molecule has 0 aliphatic heterocycles. The van der Waals surface area contributed by atoms with Crippen LogP contribution in [-0.4, -0.2) is 27.5 Å². The maximum atomic E-state index is 11.1. The highest BCUT2D eigenvalue weighted by Crippen LogP contribution is 2.43. The van der Waals surface area contributed by atoms with Crippen LogP contribution in [0.15, 0.2) is 0 Å². The normalized spacial score (nSPS) is 22.6. The number of rotatable bonds is 3. The number of hydrogen-bond donors (Lipinski definition) is 1. The van der Waals surface area contributed by atoms with E-state index in [2.05, 4.69) is 4.72 Å². The third-order valence-electron chi connectivity index (χ3n) is 1.79. The minimum Gasteiger partial charge on any atom is -0.361 e. The Morgan fingerprint density at radius 2 is 2.00 bits per heavy atom. The summed E-state index contributed by atoms with van der Waals surface area (Å²) in [4.78, 5) is -0.901. The van der Waals surface area contributed by atoms with Crippen LogP contribution in [-0.2, 0) is 14.8 Å². The van der Waals surface area contributed by atoms with Crippen LogP contribution in [0.1, 0.15) is 12.8 Å². The molecule has 0 heterocycles. The molecule has 0 aromatic heterocycles. The van der Waals surface area contributed by atoms with Crippen molar-refractivity contribution >= 4 is 10.0 Å². The van der Waals surface area contributed by atoms with Gasteiger partial charge in [0, 0.05) is 7.11 Å². The number of methoxy groups -OCH3 is 1. The number of ether oxygens (including phenoxy) is 1. The second kappa shape index (κ2) is 2.18. The van der Waals surface area contributed by atoms with E-state index in [4.69, 9.17) is 4.74 Å². The molecule has 5 heteroatoms. The number of nitrogens with one attached hydrogen (secondary N) is 1. The second-order valence-corrected chi connectivity index (χ2v) is 4.48. The smallest absolute Gasteiger partial charge is 0.241 e. The first kappa shape index (κ1) is 7.97. The van der Waals surface area contributed by atoms with Crippen molar-refractivity contribution in [1.82, 2.24) is 4.72 Å². The standard InChI is InChI=1S/C5H11NO3S/c1-6-10(7,8)5(9-2)3-4-5/h6H,3-4H2,1-2H3. The molecule has 0 aromatic rings. The first-order valence-corrected chi connectivity index (χ1v) is 4.54. The van der Waals surface area contributed by atoms with E-state index in [1.807, 2.05) is 0 Å². The minimum atomic E-state index is -3.21.